The molecule has 0 aliphatic carbocycles. The van der Waals surface area contributed by atoms with E-state index in [2.05, 4.69) is 30.8 Å². The van der Waals surface area contributed by atoms with Crippen molar-refractivity contribution in [3.63, 3.8) is 0 Å². The van der Waals surface area contributed by atoms with E-state index in [1.807, 2.05) is 54.8 Å². The highest BCUT2D eigenvalue weighted by atomic mass is 32.1. The van der Waals surface area contributed by atoms with Crippen LogP contribution in [-0.2, 0) is 11.2 Å². The van der Waals surface area contributed by atoms with Gasteiger partial charge in [-0.15, -0.1) is 21.5 Å². The Morgan fingerprint density at radius 1 is 1.10 bits per heavy atom. The molecule has 0 bridgehead atoms. The van der Waals surface area contributed by atoms with Crippen molar-refractivity contribution in [2.75, 3.05) is 5.32 Å². The second-order valence-corrected chi connectivity index (χ2v) is 8.38. The third kappa shape index (κ3) is 5.12. The van der Waals surface area contributed by atoms with E-state index < -0.39 is 6.04 Å². The number of aromatic nitrogens is 4. The van der Waals surface area contributed by atoms with Gasteiger partial charge >= 0.3 is 0 Å². The topological polar surface area (TPSA) is 92.7 Å². The summed E-state index contributed by atoms with van der Waals surface area (Å²) in [6, 6.07) is 13.2. The maximum absolute atomic E-state index is 13.1. The van der Waals surface area contributed by atoms with Gasteiger partial charge in [-0.05, 0) is 31.0 Å². The predicted molar refractivity (Wildman–Crippen MR) is 119 cm³/mol. The Labute approximate surface area is 182 Å². The summed E-state index contributed by atoms with van der Waals surface area (Å²) in [7, 11) is 0. The van der Waals surface area contributed by atoms with Gasteiger partial charge < -0.3 is 0 Å². The smallest absolute Gasteiger partial charge is 0.243 e. The molecule has 3 aromatic heterocycles. The summed E-state index contributed by atoms with van der Waals surface area (Å²) in [6.45, 7) is 2.01. The molecule has 152 valence electrons. The number of rotatable bonds is 8. The molecule has 0 radical (unpaired) electrons. The van der Waals surface area contributed by atoms with Gasteiger partial charge in [0.1, 0.15) is 5.01 Å². The molecule has 0 aliphatic heterocycles. The summed E-state index contributed by atoms with van der Waals surface area (Å²) >= 11 is 2.87. The van der Waals surface area contributed by atoms with Crippen molar-refractivity contribution in [1.29, 1.82) is 0 Å². The van der Waals surface area contributed by atoms with Crippen LogP contribution in [0.15, 0.2) is 65.7 Å². The fraction of sp³-hybridized carbons (Fsp3) is 0.190. The normalized spacial score (nSPS) is 13.0. The first kappa shape index (κ1) is 20.3. The van der Waals surface area contributed by atoms with Gasteiger partial charge in [0.05, 0.1) is 17.2 Å². The molecule has 1 unspecified atom stereocenters. The second kappa shape index (κ2) is 9.66. The van der Waals surface area contributed by atoms with E-state index in [1.165, 1.54) is 22.7 Å². The van der Waals surface area contributed by atoms with Crippen LogP contribution in [0, 0.1) is 0 Å². The van der Waals surface area contributed by atoms with Crippen molar-refractivity contribution in [1.82, 2.24) is 25.5 Å². The molecule has 1 aromatic carbocycles. The maximum atomic E-state index is 13.1. The number of thiazole rings is 1. The third-order valence-electron chi connectivity index (χ3n) is 4.53. The molecular formula is C21H20N6OS2. The number of pyridine rings is 1. The number of amides is 1. The monoisotopic (exact) mass is 436 g/mol. The van der Waals surface area contributed by atoms with E-state index in [1.54, 1.807) is 17.9 Å². The molecule has 0 saturated heterocycles. The van der Waals surface area contributed by atoms with Crippen LogP contribution in [0.4, 0.5) is 5.13 Å². The number of carbonyl (C=O) groups excluding carboxylic acids is 1. The number of anilines is 1. The van der Waals surface area contributed by atoms with Gasteiger partial charge in [0.2, 0.25) is 11.0 Å². The first-order valence-corrected chi connectivity index (χ1v) is 11.2. The fourth-order valence-corrected chi connectivity index (χ4v) is 4.38. The molecular weight excluding hydrogens is 416 g/mol. The number of hydrogen-bond acceptors (Lipinski definition) is 8. The number of nitrogens with zero attached hydrogens (tertiary/aromatic N) is 4. The van der Waals surface area contributed by atoms with Gasteiger partial charge in [-0.3, -0.25) is 20.4 Å². The minimum Gasteiger partial charge on any atom is -0.299 e. The van der Waals surface area contributed by atoms with Crippen LogP contribution in [-0.4, -0.2) is 32.1 Å². The zero-order chi connectivity index (χ0) is 20.8. The Balaban J connectivity index is 1.49. The third-order valence-corrected chi connectivity index (χ3v) is 6.02. The van der Waals surface area contributed by atoms with Crippen LogP contribution >= 0.6 is 22.7 Å². The molecule has 4 rings (SSSR count). The summed E-state index contributed by atoms with van der Waals surface area (Å²) in [5.74, 6) is -0.154. The lowest BCUT2D eigenvalue weighted by Crippen LogP contribution is -2.43. The average Bonchev–Trinajstić information content (AvgIpc) is 3.47. The van der Waals surface area contributed by atoms with Gasteiger partial charge in [-0.2, -0.15) is 0 Å². The molecule has 9 heteroatoms. The lowest BCUT2D eigenvalue weighted by Gasteiger charge is -2.21. The average molecular weight is 437 g/mol. The Morgan fingerprint density at radius 2 is 1.90 bits per heavy atom. The first-order valence-electron chi connectivity index (χ1n) is 9.42. The predicted octanol–water partition coefficient (Wildman–Crippen LogP) is 3.96. The number of nitrogens with one attached hydrogen (secondary N) is 2. The minimum atomic E-state index is -0.447. The largest absolute Gasteiger partial charge is 0.299 e. The number of carbonyl (C=O) groups is 1. The summed E-state index contributed by atoms with van der Waals surface area (Å²) in [6.07, 6.45) is 3.96. The Kier molecular flexibility index (Phi) is 6.53. The lowest BCUT2D eigenvalue weighted by molar-refractivity contribution is -0.118. The quantitative estimate of drug-likeness (QED) is 0.434. The molecule has 0 aliphatic rings. The number of hydrogen-bond donors (Lipinski definition) is 2. The molecule has 4 aromatic rings. The van der Waals surface area contributed by atoms with Gasteiger partial charge in [0, 0.05) is 29.4 Å². The highest BCUT2D eigenvalue weighted by Crippen LogP contribution is 2.26. The van der Waals surface area contributed by atoms with Crippen molar-refractivity contribution < 1.29 is 4.79 Å². The first-order chi connectivity index (χ1) is 14.7. The Bertz CT molecular complexity index is 1070. The molecule has 0 spiro atoms. The molecule has 7 nitrogen and oxygen atoms in total. The zero-order valence-corrected chi connectivity index (χ0v) is 17.9. The molecule has 2 N–H and O–H groups in total. The standard InChI is InChI=1S/C21H20N6OS2/c1-14(18-12-29-13-23-18)24-17(11-15-5-3-2-4-6-15)19(28)25-21-27-26-20(30-21)16-7-9-22-10-8-16/h2-10,12-14,17,24H,11H2,1H3,(H,25,27,28)/t14-,17?/m0/s1. The van der Waals surface area contributed by atoms with E-state index >= 15 is 0 Å². The molecule has 0 saturated carbocycles. The molecule has 1 amide bonds. The van der Waals surface area contributed by atoms with E-state index in [0.29, 0.717) is 11.6 Å². The summed E-state index contributed by atoms with van der Waals surface area (Å²) in [5.41, 5.74) is 4.70. The van der Waals surface area contributed by atoms with Crippen LogP contribution in [0.1, 0.15) is 24.2 Å². The van der Waals surface area contributed by atoms with Gasteiger partial charge in [-0.1, -0.05) is 41.7 Å². The minimum absolute atomic E-state index is 0.0579. The highest BCUT2D eigenvalue weighted by molar-refractivity contribution is 7.18. The zero-order valence-electron chi connectivity index (χ0n) is 16.2. The maximum Gasteiger partial charge on any atom is 0.243 e. The Morgan fingerprint density at radius 3 is 2.63 bits per heavy atom. The van der Waals surface area contributed by atoms with Crippen molar-refractivity contribution in [2.24, 2.45) is 0 Å². The van der Waals surface area contributed by atoms with Crippen molar-refractivity contribution in [3.8, 4) is 10.6 Å². The van der Waals surface area contributed by atoms with E-state index in [9.17, 15) is 4.79 Å². The van der Waals surface area contributed by atoms with Crippen molar-refractivity contribution in [3.05, 3.63) is 77.0 Å². The van der Waals surface area contributed by atoms with Gasteiger partial charge in [-0.25, -0.2) is 4.98 Å². The highest BCUT2D eigenvalue weighted by Gasteiger charge is 2.23. The number of benzene rings is 1. The van der Waals surface area contributed by atoms with E-state index in [-0.39, 0.29) is 11.9 Å². The summed E-state index contributed by atoms with van der Waals surface area (Å²) < 4.78 is 0. The van der Waals surface area contributed by atoms with Gasteiger partial charge in [0.15, 0.2) is 0 Å². The summed E-state index contributed by atoms with van der Waals surface area (Å²) in [5, 5.41) is 17.8. The lowest BCUT2D eigenvalue weighted by atomic mass is 10.0. The second-order valence-electron chi connectivity index (χ2n) is 6.68. The van der Waals surface area contributed by atoms with Crippen LogP contribution in [0.5, 0.6) is 0 Å². The SMILES string of the molecule is C[C@H](NC(Cc1ccccc1)C(=O)Nc1nnc(-c2ccncc2)s1)c1cscn1. The van der Waals surface area contributed by atoms with Crippen LogP contribution in [0.2, 0.25) is 0 Å². The molecule has 2 atom stereocenters. The molecule has 0 fully saturated rings. The molecule has 30 heavy (non-hydrogen) atoms. The van der Waals surface area contributed by atoms with E-state index in [4.69, 9.17) is 0 Å². The van der Waals surface area contributed by atoms with Crippen LogP contribution in [0.25, 0.3) is 10.6 Å². The molecule has 3 heterocycles. The summed E-state index contributed by atoms with van der Waals surface area (Å²) in [4.78, 5) is 21.5. The fourth-order valence-electron chi connectivity index (χ4n) is 2.98. The van der Waals surface area contributed by atoms with Crippen molar-refractivity contribution >= 4 is 33.7 Å². The van der Waals surface area contributed by atoms with Crippen molar-refractivity contribution in [2.45, 2.75) is 25.4 Å². The van der Waals surface area contributed by atoms with Crippen LogP contribution in [0.3, 0.4) is 0 Å². The van der Waals surface area contributed by atoms with E-state index in [0.717, 1.165) is 21.8 Å². The Hall–Kier alpha value is -3.01. The van der Waals surface area contributed by atoms with Gasteiger partial charge in [0.25, 0.3) is 0 Å². The van der Waals surface area contributed by atoms with Crippen LogP contribution < -0.4 is 10.6 Å².